The monoisotopic (exact) mass is 342 g/mol. The first-order chi connectivity index (χ1) is 11.5. The third-order valence-corrected chi connectivity index (χ3v) is 2.87. The molecule has 0 radical (unpaired) electrons. The molecule has 0 atom stereocenters. The molecule has 0 N–H and O–H groups in total. The number of aldehydes is 2. The zero-order valence-electron chi connectivity index (χ0n) is 13.5. The van der Waals surface area contributed by atoms with E-state index in [1.54, 1.807) is 0 Å². The molecule has 8 heteroatoms. The molecule has 0 fully saturated rings. The Hall–Kier alpha value is -2.38. The van der Waals surface area contributed by atoms with Gasteiger partial charge in [0.15, 0.2) is 0 Å². The van der Waals surface area contributed by atoms with E-state index in [9.17, 15) is 28.8 Å². The molecule has 0 aromatic carbocycles. The molecule has 0 unspecified atom stereocenters. The maximum atomic E-state index is 11.3. The molecule has 0 rings (SSSR count). The molecule has 0 spiro atoms. The first kappa shape index (κ1) is 21.6. The Labute approximate surface area is 139 Å². The maximum absolute atomic E-state index is 11.3. The lowest BCUT2D eigenvalue weighted by Crippen LogP contribution is -2.13. The van der Waals surface area contributed by atoms with Crippen LogP contribution in [0, 0.1) is 0 Å². The van der Waals surface area contributed by atoms with Gasteiger partial charge in [-0.15, -0.1) is 0 Å². The summed E-state index contributed by atoms with van der Waals surface area (Å²) in [4.78, 5) is 65.3. The van der Waals surface area contributed by atoms with Crippen molar-refractivity contribution in [3.63, 3.8) is 0 Å². The Morgan fingerprint density at radius 2 is 0.833 bits per heavy atom. The van der Waals surface area contributed by atoms with E-state index in [4.69, 9.17) is 0 Å². The van der Waals surface area contributed by atoms with Gasteiger partial charge in [-0.25, -0.2) is 0 Å². The second-order valence-electron chi connectivity index (χ2n) is 5.02. The quantitative estimate of drug-likeness (QED) is 0.213. The average molecular weight is 342 g/mol. The molecule has 0 saturated carbocycles. The van der Waals surface area contributed by atoms with E-state index in [1.165, 1.54) is 0 Å². The van der Waals surface area contributed by atoms with Gasteiger partial charge in [0.25, 0.3) is 0 Å². The minimum atomic E-state index is -0.690. The Balaban J connectivity index is 3.69. The van der Waals surface area contributed by atoms with Crippen LogP contribution < -0.4 is 0 Å². The smallest absolute Gasteiger partial charge is 0.313 e. The lowest BCUT2D eigenvalue weighted by atomic mass is 10.2. The molecular weight excluding hydrogens is 320 g/mol. The van der Waals surface area contributed by atoms with Crippen LogP contribution in [-0.4, -0.2) is 36.4 Å². The fourth-order valence-electron chi connectivity index (χ4n) is 1.66. The molecule has 24 heavy (non-hydrogen) atoms. The van der Waals surface area contributed by atoms with Crippen LogP contribution in [0.2, 0.25) is 0 Å². The largest absolute Gasteiger partial charge is 0.393 e. The second kappa shape index (κ2) is 14.2. The van der Waals surface area contributed by atoms with Crippen LogP contribution in [0.5, 0.6) is 0 Å². The van der Waals surface area contributed by atoms with Gasteiger partial charge in [-0.2, -0.15) is 0 Å². The van der Waals surface area contributed by atoms with Crippen molar-refractivity contribution in [2.75, 3.05) is 0 Å². The third-order valence-electron chi connectivity index (χ3n) is 2.87. The summed E-state index contributed by atoms with van der Waals surface area (Å²) in [6, 6.07) is 0. The lowest BCUT2D eigenvalue weighted by Gasteiger charge is -2.03. The van der Waals surface area contributed by atoms with Gasteiger partial charge >= 0.3 is 23.9 Å². The molecule has 0 aromatic heterocycles. The Morgan fingerprint density at radius 3 is 1.12 bits per heavy atom. The molecule has 0 aliphatic carbocycles. The van der Waals surface area contributed by atoms with Crippen LogP contribution in [0.3, 0.4) is 0 Å². The highest BCUT2D eigenvalue weighted by Crippen LogP contribution is 2.05. The number of hydrogen-bond donors (Lipinski definition) is 0. The van der Waals surface area contributed by atoms with Crippen molar-refractivity contribution in [1.29, 1.82) is 0 Å². The molecule has 0 bridgehead atoms. The molecule has 0 aliphatic rings. The lowest BCUT2D eigenvalue weighted by molar-refractivity contribution is -0.162. The number of carbonyl (C=O) groups is 6. The van der Waals surface area contributed by atoms with E-state index in [1.807, 2.05) is 0 Å². The number of esters is 4. The fourth-order valence-corrected chi connectivity index (χ4v) is 1.66. The van der Waals surface area contributed by atoms with Gasteiger partial charge < -0.3 is 19.1 Å². The number of ether oxygens (including phenoxy) is 2. The summed E-state index contributed by atoms with van der Waals surface area (Å²) in [5.41, 5.74) is 0. The predicted molar refractivity (Wildman–Crippen MR) is 80.5 cm³/mol. The number of carbonyl (C=O) groups excluding carboxylic acids is 6. The Kier molecular flexibility index (Phi) is 12.8. The van der Waals surface area contributed by atoms with Gasteiger partial charge in [0, 0.05) is 38.5 Å². The standard InChI is InChI=1S/C16H22O8/c17-11-5-3-9-15(21)23-13(19)7-1-2-8-14(20)24-16(22)10-4-6-12-18/h11-12H,1-10H2. The molecule has 8 nitrogen and oxygen atoms in total. The van der Waals surface area contributed by atoms with Gasteiger partial charge in [-0.3, -0.25) is 19.2 Å². The molecule has 0 saturated heterocycles. The van der Waals surface area contributed by atoms with Crippen LogP contribution in [0.4, 0.5) is 0 Å². The maximum Gasteiger partial charge on any atom is 0.313 e. The summed E-state index contributed by atoms with van der Waals surface area (Å²) in [5.74, 6) is -2.74. The SMILES string of the molecule is O=CCCCC(=O)OC(=O)CCCCC(=O)OC(=O)CCCC=O. The van der Waals surface area contributed by atoms with Crippen LogP contribution in [0.1, 0.15) is 64.2 Å². The van der Waals surface area contributed by atoms with Crippen molar-refractivity contribution in [2.45, 2.75) is 64.2 Å². The van der Waals surface area contributed by atoms with Crippen molar-refractivity contribution in [3.05, 3.63) is 0 Å². The molecule has 0 amide bonds. The van der Waals surface area contributed by atoms with Crippen molar-refractivity contribution >= 4 is 36.4 Å². The van der Waals surface area contributed by atoms with E-state index in [0.717, 1.165) is 0 Å². The normalized spacial score (nSPS) is 9.83. The van der Waals surface area contributed by atoms with Crippen LogP contribution >= 0.6 is 0 Å². The van der Waals surface area contributed by atoms with E-state index in [-0.39, 0.29) is 38.5 Å². The molecular formula is C16H22O8. The average Bonchev–Trinajstić information content (AvgIpc) is 2.52. The number of hydrogen-bond acceptors (Lipinski definition) is 8. The number of rotatable bonds is 13. The summed E-state index contributed by atoms with van der Waals surface area (Å²) < 4.78 is 9.06. The van der Waals surface area contributed by atoms with Crippen LogP contribution in [0.15, 0.2) is 0 Å². The first-order valence-corrected chi connectivity index (χ1v) is 7.84. The van der Waals surface area contributed by atoms with E-state index in [0.29, 0.717) is 38.3 Å². The molecule has 0 heterocycles. The summed E-state index contributed by atoms with van der Waals surface area (Å²) >= 11 is 0. The Morgan fingerprint density at radius 1 is 0.542 bits per heavy atom. The van der Waals surface area contributed by atoms with Crippen LogP contribution in [0.25, 0.3) is 0 Å². The van der Waals surface area contributed by atoms with Gasteiger partial charge in [0.1, 0.15) is 12.6 Å². The topological polar surface area (TPSA) is 121 Å². The van der Waals surface area contributed by atoms with Gasteiger partial charge in [-0.05, 0) is 25.7 Å². The minimum absolute atomic E-state index is 0.00300. The van der Waals surface area contributed by atoms with Crippen molar-refractivity contribution in [2.24, 2.45) is 0 Å². The predicted octanol–water partition coefficient (Wildman–Crippen LogP) is 1.42. The van der Waals surface area contributed by atoms with E-state index >= 15 is 0 Å². The summed E-state index contributed by atoms with van der Waals surface area (Å²) in [7, 11) is 0. The Bertz CT molecular complexity index is 413. The highest BCUT2D eigenvalue weighted by molar-refractivity contribution is 5.86. The van der Waals surface area contributed by atoms with Crippen molar-refractivity contribution < 1.29 is 38.2 Å². The highest BCUT2D eigenvalue weighted by Gasteiger charge is 2.12. The molecule has 134 valence electrons. The van der Waals surface area contributed by atoms with Crippen LogP contribution in [-0.2, 0) is 38.2 Å². The second-order valence-corrected chi connectivity index (χ2v) is 5.02. The van der Waals surface area contributed by atoms with E-state index in [2.05, 4.69) is 9.47 Å². The first-order valence-electron chi connectivity index (χ1n) is 7.84. The molecule has 0 aliphatic heterocycles. The third kappa shape index (κ3) is 13.3. The summed E-state index contributed by atoms with van der Waals surface area (Å²) in [5, 5.41) is 0. The van der Waals surface area contributed by atoms with E-state index < -0.39 is 23.9 Å². The van der Waals surface area contributed by atoms with Crippen molar-refractivity contribution in [3.8, 4) is 0 Å². The minimum Gasteiger partial charge on any atom is -0.393 e. The molecule has 0 aromatic rings. The summed E-state index contributed by atoms with van der Waals surface area (Å²) in [6.07, 6.45) is 3.08. The fraction of sp³-hybridized carbons (Fsp3) is 0.625. The van der Waals surface area contributed by atoms with Crippen molar-refractivity contribution in [1.82, 2.24) is 0 Å². The van der Waals surface area contributed by atoms with Gasteiger partial charge in [0.05, 0.1) is 0 Å². The number of unbranched alkanes of at least 4 members (excludes halogenated alkanes) is 3. The zero-order valence-corrected chi connectivity index (χ0v) is 13.5. The van der Waals surface area contributed by atoms with Gasteiger partial charge in [-0.1, -0.05) is 0 Å². The summed E-state index contributed by atoms with van der Waals surface area (Å²) in [6.45, 7) is 0. The van der Waals surface area contributed by atoms with Gasteiger partial charge in [0.2, 0.25) is 0 Å². The highest BCUT2D eigenvalue weighted by atomic mass is 16.6. The zero-order chi connectivity index (χ0) is 18.2.